The first-order valence-electron chi connectivity index (χ1n) is 48.0. The Morgan fingerprint density at radius 3 is 0.530 bits per heavy atom. The van der Waals surface area contributed by atoms with Crippen LogP contribution in [0.25, 0.3) is 0 Å². The van der Waals surface area contributed by atoms with Gasteiger partial charge in [0, 0.05) is 66.4 Å². The molecule has 0 bridgehead atoms. The van der Waals surface area contributed by atoms with E-state index in [9.17, 15) is 28.8 Å². The second kappa shape index (κ2) is 101. The molecule has 0 radical (unpaired) electrons. The summed E-state index contributed by atoms with van der Waals surface area (Å²) in [7, 11) is 2.07. The molecule has 0 atom stereocenters. The smallest absolute Gasteiger partial charge is 0.343 e. The average molecular weight is 1790 g/mol. The fraction of sp³-hybridized carbons (Fsp3) is 0.268. The van der Waals surface area contributed by atoms with E-state index in [0.717, 1.165) is 44.5 Å². The summed E-state index contributed by atoms with van der Waals surface area (Å²) in [6.45, 7) is 56.0. The number of ether oxygens (including phenoxy) is 2. The number of para-hydroxylation sites is 4. The number of benzene rings is 14. The summed E-state index contributed by atoms with van der Waals surface area (Å²) in [5, 5.41) is 0. The van der Waals surface area contributed by atoms with Gasteiger partial charge in [-0.3, -0.25) is 19.2 Å². The van der Waals surface area contributed by atoms with Crippen molar-refractivity contribution in [1.29, 1.82) is 0 Å². The van der Waals surface area contributed by atoms with Gasteiger partial charge in [0.2, 0.25) is 0 Å². The van der Waals surface area contributed by atoms with Crippen molar-refractivity contribution in [1.82, 2.24) is 0 Å². The molecule has 0 aliphatic heterocycles. The molecular weight excluding hydrogens is 1620 g/mol. The van der Waals surface area contributed by atoms with Gasteiger partial charge >= 0.3 is 11.9 Å². The van der Waals surface area contributed by atoms with Crippen LogP contribution in [0.5, 0.6) is 11.5 Å². The van der Waals surface area contributed by atoms with Gasteiger partial charge in [0.25, 0.3) is 0 Å². The number of esters is 2. The molecule has 0 N–H and O–H groups in total. The van der Waals surface area contributed by atoms with E-state index >= 15 is 0 Å². The Morgan fingerprint density at radius 2 is 0.333 bits per heavy atom. The summed E-state index contributed by atoms with van der Waals surface area (Å²) in [4.78, 5) is 72.6. The first-order valence-corrected chi connectivity index (χ1v) is 48.0. The van der Waals surface area contributed by atoms with Crippen LogP contribution in [-0.2, 0) is 30.5 Å². The van der Waals surface area contributed by atoms with E-state index in [-0.39, 0.29) is 35.1 Å². The fourth-order valence-electron chi connectivity index (χ4n) is 9.98. The van der Waals surface area contributed by atoms with Crippen LogP contribution in [0.1, 0.15) is 273 Å². The lowest BCUT2D eigenvalue weighted by Gasteiger charge is -2.18. The fourth-order valence-corrected chi connectivity index (χ4v) is 9.98. The molecule has 0 aliphatic carbocycles. The zero-order valence-electron chi connectivity index (χ0n) is 86.0. The second-order valence-corrected chi connectivity index (χ2v) is 23.2. The van der Waals surface area contributed by atoms with Crippen molar-refractivity contribution >= 4 is 46.4 Å². The van der Waals surface area contributed by atoms with Crippen molar-refractivity contribution in [3.63, 3.8) is 0 Å². The maximum Gasteiger partial charge on any atom is 0.343 e. The number of anilines is 2. The van der Waals surface area contributed by atoms with Crippen molar-refractivity contribution in [2.45, 2.75) is 220 Å². The highest BCUT2D eigenvalue weighted by Gasteiger charge is 2.11. The minimum atomic E-state index is -0.332. The minimum absolute atomic E-state index is 0.0752. The predicted molar refractivity (Wildman–Crippen MR) is 579 cm³/mol. The number of carbonyl (C=O) groups is 6. The number of hydrogen-bond acceptors (Lipinski definition) is 9. The molecule has 0 fully saturated rings. The highest BCUT2D eigenvalue weighted by Crippen LogP contribution is 2.23. The van der Waals surface area contributed by atoms with E-state index in [2.05, 4.69) is 60.5 Å². The maximum absolute atomic E-state index is 11.8. The van der Waals surface area contributed by atoms with Crippen LogP contribution in [0.15, 0.2) is 425 Å². The largest absolute Gasteiger partial charge is 0.423 e. The van der Waals surface area contributed by atoms with Crippen LogP contribution in [-0.4, -0.2) is 42.1 Å². The predicted octanol–water partition coefficient (Wildman–Crippen LogP) is 35.8. The Balaban J connectivity index is -0.000000264. The van der Waals surface area contributed by atoms with E-state index in [0.29, 0.717) is 48.3 Å². The van der Waals surface area contributed by atoms with E-state index in [1.807, 2.05) is 521 Å². The van der Waals surface area contributed by atoms with Crippen molar-refractivity contribution in [3.05, 3.63) is 480 Å². The number of rotatable bonds is 18. The average Bonchev–Trinajstić information content (AvgIpc) is 0.926. The highest BCUT2D eigenvalue weighted by molar-refractivity contribution is 6.09. The number of carbonyl (C=O) groups excluding carboxylic acids is 6. The standard InChI is InChI=1S/C15H14O.2C14H12O.C13H13N.2C13H10O2.C13H10O.14C2H6/c16-15(11-13-7-3-1-4-8-13)12-14-9-5-2-6-10-14;2*15-14(13-9-5-2-6-10-13)11-12-7-3-1-4-8-12;1-14(12-8-4-2-5-9-12)13-10-6-3-7-11-13;2*14-13(11-7-3-1-4-8-11)15-12-9-5-2-6-10-12;14-13(11-7-3-1-4-8-11)12-9-5-2-6-10-12;14*1-2/h1-10H,11-12H2;2*1-10H,11H2;2-11H,1H3;2*1-10H;1-10H;14*1-2H3. The molecule has 0 heterocycles. The summed E-state index contributed by atoms with van der Waals surface area (Å²) < 4.78 is 10.3. The van der Waals surface area contributed by atoms with Crippen molar-refractivity contribution in [3.8, 4) is 11.5 Å². The molecule has 14 rings (SSSR count). The second-order valence-electron chi connectivity index (χ2n) is 23.2. The van der Waals surface area contributed by atoms with Gasteiger partial charge in [-0.2, -0.15) is 0 Å². The molecule has 9 nitrogen and oxygen atoms in total. The molecule has 132 heavy (non-hydrogen) atoms. The molecule has 0 saturated heterocycles. The molecule has 0 spiro atoms. The lowest BCUT2D eigenvalue weighted by atomic mass is 10.0. The molecule has 0 amide bonds. The molecule has 0 unspecified atom stereocenters. The Bertz CT molecular complexity index is 4230. The zero-order chi connectivity index (χ0) is 101. The van der Waals surface area contributed by atoms with Gasteiger partial charge in [-0.1, -0.05) is 546 Å². The summed E-state index contributed by atoms with van der Waals surface area (Å²) in [6.07, 6.45) is 2.00. The monoisotopic (exact) mass is 1780 g/mol. The number of nitrogens with zero attached hydrogens (tertiary/aromatic N) is 1. The molecule has 9 heteroatoms. The van der Waals surface area contributed by atoms with Crippen LogP contribution in [0, 0.1) is 0 Å². The molecule has 0 aromatic heterocycles. The van der Waals surface area contributed by atoms with Crippen LogP contribution < -0.4 is 14.4 Å². The summed E-state index contributed by atoms with van der Waals surface area (Å²) in [6, 6.07) is 133. The third-order valence-corrected chi connectivity index (χ3v) is 15.4. The Labute approximate surface area is 802 Å². The van der Waals surface area contributed by atoms with Crippen molar-refractivity contribution < 1.29 is 38.2 Å². The topological polar surface area (TPSA) is 124 Å². The number of ketones is 4. The minimum Gasteiger partial charge on any atom is -0.423 e. The Morgan fingerprint density at radius 1 is 0.182 bits per heavy atom. The van der Waals surface area contributed by atoms with Crippen LogP contribution in [0.3, 0.4) is 0 Å². The normalized spacial score (nSPS) is 8.34. The third kappa shape index (κ3) is 65.1. The van der Waals surface area contributed by atoms with E-state index < -0.39 is 0 Å². The summed E-state index contributed by atoms with van der Waals surface area (Å²) in [5.74, 6) is 1.13. The van der Waals surface area contributed by atoms with Gasteiger partial charge in [0.05, 0.1) is 11.1 Å². The van der Waals surface area contributed by atoms with Crippen LogP contribution in [0.4, 0.5) is 11.4 Å². The Kier molecular flexibility index (Phi) is 101. The van der Waals surface area contributed by atoms with Crippen molar-refractivity contribution in [2.24, 2.45) is 0 Å². The van der Waals surface area contributed by atoms with Gasteiger partial charge in [-0.15, -0.1) is 0 Å². The first-order chi connectivity index (χ1) is 65.0. The number of hydrogen-bond donors (Lipinski definition) is 0. The lowest BCUT2D eigenvalue weighted by Crippen LogP contribution is -2.08. The van der Waals surface area contributed by atoms with Gasteiger partial charge in [-0.25, -0.2) is 9.59 Å². The van der Waals surface area contributed by atoms with E-state index in [4.69, 9.17) is 9.47 Å². The Hall–Kier alpha value is -13.5. The zero-order valence-corrected chi connectivity index (χ0v) is 86.0. The summed E-state index contributed by atoms with van der Waals surface area (Å²) in [5.41, 5.74) is 10.9. The van der Waals surface area contributed by atoms with Crippen LogP contribution >= 0.6 is 0 Å². The molecule has 14 aromatic carbocycles. The molecule has 14 aromatic rings. The summed E-state index contributed by atoms with van der Waals surface area (Å²) >= 11 is 0. The molecular formula is C123H165NO8. The lowest BCUT2D eigenvalue weighted by molar-refractivity contribution is -0.117. The van der Waals surface area contributed by atoms with Gasteiger partial charge in [0.1, 0.15) is 17.3 Å². The van der Waals surface area contributed by atoms with Gasteiger partial charge < -0.3 is 14.4 Å². The third-order valence-electron chi connectivity index (χ3n) is 15.4. The highest BCUT2D eigenvalue weighted by atomic mass is 16.5. The van der Waals surface area contributed by atoms with Gasteiger partial charge in [0.15, 0.2) is 17.3 Å². The number of Topliss-reactive ketones (excluding diaryl/α,β-unsaturated/α-hetero) is 3. The molecule has 0 aliphatic rings. The van der Waals surface area contributed by atoms with Crippen LogP contribution in [0.2, 0.25) is 0 Å². The first kappa shape index (κ1) is 132. The van der Waals surface area contributed by atoms with E-state index in [1.165, 1.54) is 11.4 Å². The van der Waals surface area contributed by atoms with Crippen molar-refractivity contribution in [2.75, 3.05) is 11.9 Å². The molecule has 710 valence electrons. The maximum atomic E-state index is 11.8. The van der Waals surface area contributed by atoms with E-state index in [1.54, 1.807) is 48.5 Å². The van der Waals surface area contributed by atoms with Gasteiger partial charge in [-0.05, 0) is 95.1 Å². The quantitative estimate of drug-likeness (QED) is 0.0469. The SMILES string of the molecule is CC.CC.CC.CC.CC.CC.CC.CC.CC.CC.CC.CC.CC.CC.CN(c1ccccc1)c1ccccc1.O=C(Cc1ccccc1)Cc1ccccc1.O=C(Cc1ccccc1)c1ccccc1.O=C(Cc1ccccc1)c1ccccc1.O=C(Oc1ccccc1)c1ccccc1.O=C(Oc1ccccc1)c1ccccc1.O=C(c1ccccc1)c1ccccc1. The molecule has 0 saturated carbocycles.